The van der Waals surface area contributed by atoms with Crippen molar-refractivity contribution in [2.45, 2.75) is 25.3 Å². The Bertz CT molecular complexity index is 507. The number of methoxy groups -OCH3 is 1. The van der Waals surface area contributed by atoms with Gasteiger partial charge in [0.1, 0.15) is 6.04 Å². The number of ether oxygens (including phenoxy) is 1. The number of carbonyl (C=O) groups is 2. The molecule has 0 bridgehead atoms. The molecule has 108 valence electrons. The molecule has 0 aliphatic carbocycles. The number of nitrogens with zero attached hydrogens (tertiary/aromatic N) is 1. The van der Waals surface area contributed by atoms with E-state index < -0.39 is 6.04 Å². The van der Waals surface area contributed by atoms with Crippen LogP contribution in [0.4, 0.5) is 10.5 Å². The van der Waals surface area contributed by atoms with Crippen LogP contribution in [0.25, 0.3) is 0 Å². The van der Waals surface area contributed by atoms with Gasteiger partial charge in [-0.3, -0.25) is 0 Å². The Balaban J connectivity index is 2.08. The zero-order chi connectivity index (χ0) is 14.5. The van der Waals surface area contributed by atoms with Gasteiger partial charge in [-0.05, 0) is 37.5 Å². The minimum absolute atomic E-state index is 0.303. The summed E-state index contributed by atoms with van der Waals surface area (Å²) in [6.07, 6.45) is 2.44. The number of rotatable bonds is 2. The van der Waals surface area contributed by atoms with Gasteiger partial charge >= 0.3 is 12.0 Å². The van der Waals surface area contributed by atoms with Gasteiger partial charge in [-0.25, -0.2) is 9.59 Å². The van der Waals surface area contributed by atoms with Crippen LogP contribution in [0.15, 0.2) is 24.3 Å². The fourth-order valence-electron chi connectivity index (χ4n) is 2.32. The number of carbonyl (C=O) groups excluding carboxylic acids is 2. The maximum Gasteiger partial charge on any atom is 0.328 e. The summed E-state index contributed by atoms with van der Waals surface area (Å²) in [5.74, 6) is -0.369. The molecule has 1 fully saturated rings. The summed E-state index contributed by atoms with van der Waals surface area (Å²) in [4.78, 5) is 25.5. The van der Waals surface area contributed by atoms with Gasteiger partial charge in [-0.1, -0.05) is 17.7 Å². The van der Waals surface area contributed by atoms with Crippen LogP contribution < -0.4 is 5.32 Å². The second-order valence-corrected chi connectivity index (χ2v) is 5.11. The van der Waals surface area contributed by atoms with Gasteiger partial charge in [0, 0.05) is 17.3 Å². The molecular formula is C14H17ClN2O3. The standard InChI is InChI=1S/C14H17ClN2O3/c1-20-13(18)12-7-2-3-8-17(12)14(19)16-11-6-4-5-10(15)9-11/h4-6,9,12H,2-3,7-8H2,1H3,(H,16,19). The molecule has 1 heterocycles. The monoisotopic (exact) mass is 296 g/mol. The van der Waals surface area contributed by atoms with E-state index in [1.54, 1.807) is 24.3 Å². The lowest BCUT2D eigenvalue weighted by atomic mass is 10.0. The zero-order valence-corrected chi connectivity index (χ0v) is 12.0. The first-order valence-corrected chi connectivity index (χ1v) is 6.90. The summed E-state index contributed by atoms with van der Waals surface area (Å²) in [6, 6.07) is 6.09. The van der Waals surface area contributed by atoms with E-state index in [2.05, 4.69) is 5.32 Å². The second-order valence-electron chi connectivity index (χ2n) is 4.67. The van der Waals surface area contributed by atoms with Crippen LogP contribution >= 0.6 is 11.6 Å². The number of esters is 1. The van der Waals surface area contributed by atoms with Gasteiger partial charge in [0.15, 0.2) is 0 Å². The molecule has 1 atom stereocenters. The lowest BCUT2D eigenvalue weighted by molar-refractivity contribution is -0.146. The molecule has 1 aromatic carbocycles. The smallest absolute Gasteiger partial charge is 0.328 e. The molecule has 0 spiro atoms. The highest BCUT2D eigenvalue weighted by atomic mass is 35.5. The van der Waals surface area contributed by atoms with E-state index in [0.29, 0.717) is 23.7 Å². The van der Waals surface area contributed by atoms with Gasteiger partial charge in [-0.2, -0.15) is 0 Å². The molecule has 0 radical (unpaired) electrons. The molecule has 2 amide bonds. The lowest BCUT2D eigenvalue weighted by Crippen LogP contribution is -2.50. The molecule has 1 aliphatic rings. The van der Waals surface area contributed by atoms with E-state index in [1.807, 2.05) is 0 Å². The number of piperidine rings is 1. The predicted molar refractivity (Wildman–Crippen MR) is 76.8 cm³/mol. The van der Waals surface area contributed by atoms with Gasteiger partial charge < -0.3 is 15.0 Å². The molecule has 0 aromatic heterocycles. The lowest BCUT2D eigenvalue weighted by Gasteiger charge is -2.33. The van der Waals surface area contributed by atoms with E-state index in [9.17, 15) is 9.59 Å². The first-order valence-electron chi connectivity index (χ1n) is 6.53. The number of benzene rings is 1. The van der Waals surface area contributed by atoms with E-state index in [0.717, 1.165) is 12.8 Å². The molecule has 5 nitrogen and oxygen atoms in total. The summed E-state index contributed by atoms with van der Waals surface area (Å²) < 4.78 is 4.76. The molecule has 6 heteroatoms. The van der Waals surface area contributed by atoms with E-state index in [-0.39, 0.29) is 12.0 Å². The van der Waals surface area contributed by atoms with Crippen molar-refractivity contribution in [1.29, 1.82) is 0 Å². The van der Waals surface area contributed by atoms with Crippen LogP contribution in [0, 0.1) is 0 Å². The highest BCUT2D eigenvalue weighted by Crippen LogP contribution is 2.20. The normalized spacial score (nSPS) is 18.5. The Morgan fingerprint density at radius 3 is 2.90 bits per heavy atom. The van der Waals surface area contributed by atoms with Crippen molar-refractivity contribution in [2.24, 2.45) is 0 Å². The average Bonchev–Trinajstić information content (AvgIpc) is 2.46. The van der Waals surface area contributed by atoms with Gasteiger partial charge in [0.2, 0.25) is 0 Å². The maximum absolute atomic E-state index is 12.3. The highest BCUT2D eigenvalue weighted by Gasteiger charge is 2.32. The fraction of sp³-hybridized carbons (Fsp3) is 0.429. The van der Waals surface area contributed by atoms with Crippen LogP contribution in [0.1, 0.15) is 19.3 Å². The Labute approximate surface area is 122 Å². The van der Waals surface area contributed by atoms with Gasteiger partial charge in [0.25, 0.3) is 0 Å². The fourth-order valence-corrected chi connectivity index (χ4v) is 2.51. The molecule has 20 heavy (non-hydrogen) atoms. The largest absolute Gasteiger partial charge is 0.467 e. The van der Waals surface area contributed by atoms with Crippen molar-refractivity contribution >= 4 is 29.3 Å². The molecule has 1 aromatic rings. The van der Waals surface area contributed by atoms with Crippen molar-refractivity contribution in [3.63, 3.8) is 0 Å². The molecular weight excluding hydrogens is 280 g/mol. The topological polar surface area (TPSA) is 58.6 Å². The SMILES string of the molecule is COC(=O)C1CCCCN1C(=O)Nc1cccc(Cl)c1. The summed E-state index contributed by atoms with van der Waals surface area (Å²) in [7, 11) is 1.34. The minimum atomic E-state index is -0.507. The van der Waals surface area contributed by atoms with E-state index in [1.165, 1.54) is 12.0 Å². The second kappa shape index (κ2) is 6.61. The van der Waals surface area contributed by atoms with E-state index in [4.69, 9.17) is 16.3 Å². The summed E-state index contributed by atoms with van der Waals surface area (Å²) >= 11 is 5.88. The van der Waals surface area contributed by atoms with Crippen LogP contribution in [0.2, 0.25) is 5.02 Å². The number of hydrogen-bond acceptors (Lipinski definition) is 3. The van der Waals surface area contributed by atoms with Crippen molar-refractivity contribution in [3.8, 4) is 0 Å². The highest BCUT2D eigenvalue weighted by molar-refractivity contribution is 6.30. The molecule has 2 rings (SSSR count). The number of anilines is 1. The number of nitrogens with one attached hydrogen (secondary N) is 1. The Morgan fingerprint density at radius 2 is 2.20 bits per heavy atom. The van der Waals surface area contributed by atoms with Gasteiger partial charge in [0.05, 0.1) is 7.11 Å². The summed E-state index contributed by atoms with van der Waals surface area (Å²) in [6.45, 7) is 0.548. The zero-order valence-electron chi connectivity index (χ0n) is 11.3. The first-order chi connectivity index (χ1) is 9.61. The number of likely N-dealkylation sites (tertiary alicyclic amines) is 1. The van der Waals surface area contributed by atoms with Crippen molar-refractivity contribution in [2.75, 3.05) is 19.0 Å². The Kier molecular flexibility index (Phi) is 4.84. The first kappa shape index (κ1) is 14.7. The molecule has 1 saturated heterocycles. The Morgan fingerprint density at radius 1 is 1.40 bits per heavy atom. The quantitative estimate of drug-likeness (QED) is 0.854. The number of urea groups is 1. The maximum atomic E-state index is 12.3. The molecule has 0 saturated carbocycles. The van der Waals surface area contributed by atoms with Gasteiger partial charge in [-0.15, -0.1) is 0 Å². The summed E-state index contributed by atoms with van der Waals surface area (Å²) in [5.41, 5.74) is 0.608. The minimum Gasteiger partial charge on any atom is -0.467 e. The van der Waals surface area contributed by atoms with E-state index >= 15 is 0 Å². The third-order valence-corrected chi connectivity index (χ3v) is 3.55. The van der Waals surface area contributed by atoms with Crippen LogP contribution in [0.5, 0.6) is 0 Å². The van der Waals surface area contributed by atoms with Crippen molar-refractivity contribution in [1.82, 2.24) is 4.90 Å². The van der Waals surface area contributed by atoms with Crippen LogP contribution in [0.3, 0.4) is 0 Å². The van der Waals surface area contributed by atoms with Crippen LogP contribution in [-0.2, 0) is 9.53 Å². The molecule has 1 N–H and O–H groups in total. The number of halogens is 1. The van der Waals surface area contributed by atoms with Crippen LogP contribution in [-0.4, -0.2) is 36.6 Å². The predicted octanol–water partition coefficient (Wildman–Crippen LogP) is 2.90. The summed E-state index contributed by atoms with van der Waals surface area (Å²) in [5, 5.41) is 3.30. The average molecular weight is 297 g/mol. The number of hydrogen-bond donors (Lipinski definition) is 1. The van der Waals surface area contributed by atoms with Crippen molar-refractivity contribution < 1.29 is 14.3 Å². The molecule has 1 aliphatic heterocycles. The molecule has 1 unspecified atom stereocenters. The number of amides is 2. The van der Waals surface area contributed by atoms with Crippen molar-refractivity contribution in [3.05, 3.63) is 29.3 Å². The third kappa shape index (κ3) is 3.42. The third-order valence-electron chi connectivity index (χ3n) is 3.31. The Hall–Kier alpha value is -1.75.